The van der Waals surface area contributed by atoms with Crippen LogP contribution in [-0.4, -0.2) is 32.6 Å². The first-order valence-corrected chi connectivity index (χ1v) is 7.95. The summed E-state index contributed by atoms with van der Waals surface area (Å²) in [4.78, 5) is 12.2. The van der Waals surface area contributed by atoms with E-state index in [1.54, 1.807) is 16.8 Å². The summed E-state index contributed by atoms with van der Waals surface area (Å²) in [6.45, 7) is 2.89. The number of aliphatic hydroxyl groups is 1. The highest BCUT2D eigenvalue weighted by Gasteiger charge is 2.13. The molecule has 22 heavy (non-hydrogen) atoms. The van der Waals surface area contributed by atoms with Crippen molar-refractivity contribution in [2.75, 3.05) is 6.54 Å². The van der Waals surface area contributed by atoms with E-state index in [-0.39, 0.29) is 12.5 Å². The molecule has 1 aromatic carbocycles. The molecule has 0 aliphatic rings. The van der Waals surface area contributed by atoms with Gasteiger partial charge in [-0.3, -0.25) is 4.79 Å². The summed E-state index contributed by atoms with van der Waals surface area (Å²) in [6.07, 6.45) is -0.695. The number of hydrogen-bond acceptors (Lipinski definition) is 5. The third kappa shape index (κ3) is 2.86. The van der Waals surface area contributed by atoms with Crippen molar-refractivity contribution in [3.05, 3.63) is 46.2 Å². The van der Waals surface area contributed by atoms with E-state index in [0.29, 0.717) is 11.1 Å². The number of rotatable bonds is 5. The molecular formula is C15H16N4O2S. The number of thiophene rings is 1. The first-order chi connectivity index (χ1) is 10.7. The van der Waals surface area contributed by atoms with Crippen LogP contribution in [0.4, 0.5) is 0 Å². The van der Waals surface area contributed by atoms with Gasteiger partial charge in [0.05, 0.1) is 11.6 Å². The van der Waals surface area contributed by atoms with Crippen molar-refractivity contribution in [2.24, 2.45) is 0 Å². The average molecular weight is 316 g/mol. The SMILES string of the molecule is CCn1nnc2cc(C(=O)NCC(O)c3ccsc3)ccc21. The number of fused-ring (bicyclic) bond motifs is 1. The number of amides is 1. The normalized spacial score (nSPS) is 12.5. The van der Waals surface area contributed by atoms with Gasteiger partial charge in [-0.25, -0.2) is 4.68 Å². The molecule has 3 rings (SSSR count). The topological polar surface area (TPSA) is 80.0 Å². The fourth-order valence-electron chi connectivity index (χ4n) is 2.22. The van der Waals surface area contributed by atoms with Crippen LogP contribution in [0.15, 0.2) is 35.0 Å². The van der Waals surface area contributed by atoms with E-state index in [2.05, 4.69) is 15.6 Å². The smallest absolute Gasteiger partial charge is 0.251 e. The lowest BCUT2D eigenvalue weighted by molar-refractivity contribution is 0.0916. The summed E-state index contributed by atoms with van der Waals surface area (Å²) < 4.78 is 1.78. The minimum Gasteiger partial charge on any atom is -0.387 e. The summed E-state index contributed by atoms with van der Waals surface area (Å²) in [5.41, 5.74) is 2.91. The van der Waals surface area contributed by atoms with Crippen LogP contribution in [0.5, 0.6) is 0 Å². The third-order valence-electron chi connectivity index (χ3n) is 3.46. The molecule has 114 valence electrons. The third-order valence-corrected chi connectivity index (χ3v) is 4.16. The van der Waals surface area contributed by atoms with E-state index in [0.717, 1.165) is 17.6 Å². The predicted molar refractivity (Wildman–Crippen MR) is 84.8 cm³/mol. The Balaban J connectivity index is 1.69. The van der Waals surface area contributed by atoms with Crippen molar-refractivity contribution >= 4 is 28.3 Å². The van der Waals surface area contributed by atoms with Crippen molar-refractivity contribution in [1.29, 1.82) is 0 Å². The minimum absolute atomic E-state index is 0.176. The van der Waals surface area contributed by atoms with E-state index < -0.39 is 6.10 Å². The molecule has 1 atom stereocenters. The number of aromatic nitrogens is 3. The molecule has 0 saturated carbocycles. The molecule has 0 saturated heterocycles. The first kappa shape index (κ1) is 14.7. The van der Waals surface area contributed by atoms with Crippen molar-refractivity contribution in [2.45, 2.75) is 19.6 Å². The van der Waals surface area contributed by atoms with E-state index >= 15 is 0 Å². The molecule has 3 aromatic rings. The Hall–Kier alpha value is -2.25. The van der Waals surface area contributed by atoms with Gasteiger partial charge in [0.1, 0.15) is 5.52 Å². The minimum atomic E-state index is -0.695. The van der Waals surface area contributed by atoms with Gasteiger partial charge in [0.2, 0.25) is 0 Å². The number of aryl methyl sites for hydroxylation is 1. The van der Waals surface area contributed by atoms with Gasteiger partial charge in [0.25, 0.3) is 5.91 Å². The molecule has 7 heteroatoms. The summed E-state index contributed by atoms with van der Waals surface area (Å²) in [6, 6.07) is 7.13. The van der Waals surface area contributed by atoms with Crippen LogP contribution in [0.3, 0.4) is 0 Å². The van der Waals surface area contributed by atoms with Gasteiger partial charge in [-0.2, -0.15) is 11.3 Å². The zero-order valence-electron chi connectivity index (χ0n) is 12.1. The fraction of sp³-hybridized carbons (Fsp3) is 0.267. The maximum absolute atomic E-state index is 12.2. The van der Waals surface area contributed by atoms with Gasteiger partial charge in [-0.15, -0.1) is 5.10 Å². The molecule has 2 N–H and O–H groups in total. The van der Waals surface area contributed by atoms with Crippen LogP contribution in [0, 0.1) is 0 Å². The lowest BCUT2D eigenvalue weighted by Gasteiger charge is -2.10. The summed E-state index contributed by atoms with van der Waals surface area (Å²) in [7, 11) is 0. The van der Waals surface area contributed by atoms with E-state index in [1.165, 1.54) is 11.3 Å². The van der Waals surface area contributed by atoms with E-state index in [9.17, 15) is 9.90 Å². The molecule has 0 radical (unpaired) electrons. The Morgan fingerprint density at radius 1 is 1.45 bits per heavy atom. The van der Waals surface area contributed by atoms with Gasteiger partial charge in [-0.05, 0) is 47.5 Å². The molecule has 0 aliphatic heterocycles. The Bertz CT molecular complexity index is 782. The van der Waals surface area contributed by atoms with Crippen molar-refractivity contribution in [3.8, 4) is 0 Å². The monoisotopic (exact) mass is 316 g/mol. The fourth-order valence-corrected chi connectivity index (χ4v) is 2.93. The Kier molecular flexibility index (Phi) is 4.17. The highest BCUT2D eigenvalue weighted by molar-refractivity contribution is 7.07. The van der Waals surface area contributed by atoms with Crippen LogP contribution in [0.25, 0.3) is 11.0 Å². The second-order valence-electron chi connectivity index (χ2n) is 4.89. The standard InChI is InChI=1S/C15H16N4O2S/c1-2-19-13-4-3-10(7-12(13)17-18-19)15(21)16-8-14(20)11-5-6-22-9-11/h3-7,9,14,20H,2,8H2,1H3,(H,16,21). The molecule has 2 heterocycles. The number of aliphatic hydroxyl groups excluding tert-OH is 1. The van der Waals surface area contributed by atoms with Crippen molar-refractivity contribution in [1.82, 2.24) is 20.3 Å². The molecule has 6 nitrogen and oxygen atoms in total. The van der Waals surface area contributed by atoms with Gasteiger partial charge >= 0.3 is 0 Å². The zero-order valence-corrected chi connectivity index (χ0v) is 12.9. The predicted octanol–water partition coefficient (Wildman–Crippen LogP) is 1.98. The number of benzene rings is 1. The van der Waals surface area contributed by atoms with Gasteiger partial charge in [-0.1, -0.05) is 5.21 Å². The lowest BCUT2D eigenvalue weighted by Crippen LogP contribution is -2.28. The number of nitrogens with one attached hydrogen (secondary N) is 1. The second-order valence-corrected chi connectivity index (χ2v) is 5.67. The van der Waals surface area contributed by atoms with E-state index in [1.807, 2.05) is 29.8 Å². The quantitative estimate of drug-likeness (QED) is 0.754. The highest BCUT2D eigenvalue weighted by atomic mass is 32.1. The largest absolute Gasteiger partial charge is 0.387 e. The highest BCUT2D eigenvalue weighted by Crippen LogP contribution is 2.16. The Labute approximate surface area is 131 Å². The Morgan fingerprint density at radius 3 is 3.05 bits per heavy atom. The van der Waals surface area contributed by atoms with Crippen LogP contribution < -0.4 is 5.32 Å². The molecular weight excluding hydrogens is 300 g/mol. The van der Waals surface area contributed by atoms with Crippen molar-refractivity contribution in [3.63, 3.8) is 0 Å². The molecule has 2 aromatic heterocycles. The maximum atomic E-state index is 12.2. The Morgan fingerprint density at radius 2 is 2.32 bits per heavy atom. The molecule has 0 spiro atoms. The summed E-state index contributed by atoms with van der Waals surface area (Å²) in [5.74, 6) is -0.234. The number of carbonyl (C=O) groups is 1. The first-order valence-electron chi connectivity index (χ1n) is 7.00. The van der Waals surface area contributed by atoms with Crippen molar-refractivity contribution < 1.29 is 9.90 Å². The second kappa shape index (κ2) is 6.25. The number of carbonyl (C=O) groups excluding carboxylic acids is 1. The average Bonchev–Trinajstić information content (AvgIpc) is 3.20. The van der Waals surface area contributed by atoms with Gasteiger partial charge in [0, 0.05) is 18.7 Å². The lowest BCUT2D eigenvalue weighted by atomic mass is 10.1. The van der Waals surface area contributed by atoms with Crippen LogP contribution >= 0.6 is 11.3 Å². The molecule has 1 amide bonds. The molecule has 0 aliphatic carbocycles. The number of hydrogen-bond donors (Lipinski definition) is 2. The summed E-state index contributed by atoms with van der Waals surface area (Å²) in [5, 5.41) is 24.5. The van der Waals surface area contributed by atoms with E-state index in [4.69, 9.17) is 0 Å². The number of nitrogens with zero attached hydrogens (tertiary/aromatic N) is 3. The van der Waals surface area contributed by atoms with Crippen LogP contribution in [-0.2, 0) is 6.54 Å². The molecule has 0 bridgehead atoms. The zero-order chi connectivity index (χ0) is 15.5. The van der Waals surface area contributed by atoms with Crippen LogP contribution in [0.2, 0.25) is 0 Å². The van der Waals surface area contributed by atoms with Gasteiger partial charge < -0.3 is 10.4 Å². The summed E-state index contributed by atoms with van der Waals surface area (Å²) >= 11 is 1.51. The molecule has 1 unspecified atom stereocenters. The molecule has 0 fully saturated rings. The van der Waals surface area contributed by atoms with Gasteiger partial charge in [0.15, 0.2) is 0 Å². The van der Waals surface area contributed by atoms with Crippen LogP contribution in [0.1, 0.15) is 28.9 Å². The maximum Gasteiger partial charge on any atom is 0.251 e.